The van der Waals surface area contributed by atoms with E-state index in [1.54, 1.807) is 0 Å². The van der Waals surface area contributed by atoms with Crippen LogP contribution in [-0.2, 0) is 9.59 Å². The van der Waals surface area contributed by atoms with Crippen molar-refractivity contribution < 1.29 is 32.6 Å². The Bertz CT molecular complexity index is 889. The fourth-order valence-corrected chi connectivity index (χ4v) is 3.82. The Labute approximate surface area is 139 Å². The van der Waals surface area contributed by atoms with Gasteiger partial charge in [0.15, 0.2) is 0 Å². The van der Waals surface area contributed by atoms with E-state index in [1.165, 1.54) is 18.2 Å². The van der Waals surface area contributed by atoms with Crippen LogP contribution in [0.3, 0.4) is 0 Å². The average Bonchev–Trinajstić information content (AvgIpc) is 3.08. The molecule has 9 heteroatoms. The molecular formula is C16H13F3N2O4. The number of H-pyrrole nitrogens is 1. The quantitative estimate of drug-likeness (QED) is 0.640. The topological polar surface area (TPSA) is 82.6 Å². The predicted molar refractivity (Wildman–Crippen MR) is 79.3 cm³/mol. The molecule has 3 atom stereocenters. The Morgan fingerprint density at radius 3 is 2.76 bits per heavy atom. The number of nitrogens with one attached hydrogen (secondary N) is 1. The number of halogens is 3. The summed E-state index contributed by atoms with van der Waals surface area (Å²) in [6.07, 6.45) is -4.30. The number of carbonyl (C=O) groups is 2. The number of aliphatic carboxylic acids is 1. The molecule has 1 saturated heterocycles. The highest BCUT2D eigenvalue weighted by molar-refractivity contribution is 5.90. The normalized spacial score (nSPS) is 25.0. The maximum Gasteiger partial charge on any atom is 0.491 e. The summed E-state index contributed by atoms with van der Waals surface area (Å²) in [6.45, 7) is 1.23. The molecule has 1 aromatic carbocycles. The highest BCUT2D eigenvalue weighted by Gasteiger charge is 2.44. The predicted octanol–water partition coefficient (Wildman–Crippen LogP) is 2.56. The van der Waals surface area contributed by atoms with Crippen molar-refractivity contribution in [1.82, 2.24) is 9.88 Å². The van der Waals surface area contributed by atoms with Crippen molar-refractivity contribution in [1.29, 1.82) is 0 Å². The molecule has 6 nitrogen and oxygen atoms in total. The van der Waals surface area contributed by atoms with Gasteiger partial charge in [-0.05, 0) is 36.7 Å². The van der Waals surface area contributed by atoms with E-state index >= 15 is 0 Å². The second-order valence-electron chi connectivity index (χ2n) is 6.27. The molecule has 1 fully saturated rings. The Morgan fingerprint density at radius 2 is 2.08 bits per heavy atom. The fraction of sp³-hybridized carbons (Fsp3) is 0.375. The SMILES string of the molecule is O=C(O)C1c2[nH]c3ccc(OC(=O)C(F)(F)F)cc3c2C2CCN1C2. The number of hydrogen-bond acceptors (Lipinski definition) is 4. The largest absolute Gasteiger partial charge is 0.491 e. The number of esters is 1. The molecule has 0 aliphatic carbocycles. The van der Waals surface area contributed by atoms with Crippen LogP contribution >= 0.6 is 0 Å². The number of carboxylic acid groups (broad SMARTS) is 1. The van der Waals surface area contributed by atoms with E-state index in [4.69, 9.17) is 0 Å². The van der Waals surface area contributed by atoms with Gasteiger partial charge in [-0.3, -0.25) is 9.69 Å². The van der Waals surface area contributed by atoms with Gasteiger partial charge >= 0.3 is 18.1 Å². The van der Waals surface area contributed by atoms with Crippen molar-refractivity contribution in [3.8, 4) is 5.75 Å². The van der Waals surface area contributed by atoms with Gasteiger partial charge in [0, 0.05) is 29.1 Å². The van der Waals surface area contributed by atoms with Crippen molar-refractivity contribution >= 4 is 22.8 Å². The number of carbonyl (C=O) groups excluding carboxylic acids is 1. The Morgan fingerprint density at radius 1 is 1.32 bits per heavy atom. The molecule has 0 saturated carbocycles. The van der Waals surface area contributed by atoms with E-state index in [0.29, 0.717) is 29.7 Å². The third-order valence-corrected chi connectivity index (χ3v) is 4.78. The van der Waals surface area contributed by atoms with Crippen LogP contribution in [-0.4, -0.2) is 46.2 Å². The number of carboxylic acids is 1. The lowest BCUT2D eigenvalue weighted by molar-refractivity contribution is -0.189. The first kappa shape index (κ1) is 15.9. The van der Waals surface area contributed by atoms with Gasteiger partial charge in [0.05, 0.1) is 0 Å². The summed E-state index contributed by atoms with van der Waals surface area (Å²) in [5.41, 5.74) is 1.95. The number of alkyl halides is 3. The van der Waals surface area contributed by atoms with Gasteiger partial charge in [0.2, 0.25) is 0 Å². The molecule has 3 unspecified atom stereocenters. The van der Waals surface area contributed by atoms with Crippen LogP contribution in [0.4, 0.5) is 13.2 Å². The Hall–Kier alpha value is -2.55. The molecule has 4 rings (SSSR count). The van der Waals surface area contributed by atoms with Gasteiger partial charge < -0.3 is 14.8 Å². The number of aromatic amines is 1. The molecule has 2 aromatic rings. The number of aromatic nitrogens is 1. The first-order valence-electron chi connectivity index (χ1n) is 7.67. The van der Waals surface area contributed by atoms with Gasteiger partial charge in [0.1, 0.15) is 11.8 Å². The highest BCUT2D eigenvalue weighted by Crippen LogP contribution is 2.46. The maximum absolute atomic E-state index is 12.4. The lowest BCUT2D eigenvalue weighted by Crippen LogP contribution is -2.35. The molecule has 2 aliphatic rings. The van der Waals surface area contributed by atoms with E-state index in [9.17, 15) is 27.9 Å². The van der Waals surface area contributed by atoms with Crippen LogP contribution in [0.25, 0.3) is 10.9 Å². The van der Waals surface area contributed by atoms with Crippen molar-refractivity contribution in [2.45, 2.75) is 24.6 Å². The number of fused-ring (bicyclic) bond motifs is 6. The molecule has 2 aliphatic heterocycles. The van der Waals surface area contributed by atoms with Crippen LogP contribution in [0.5, 0.6) is 5.75 Å². The molecule has 0 radical (unpaired) electrons. The first-order valence-corrected chi connectivity index (χ1v) is 7.67. The maximum atomic E-state index is 12.4. The van der Waals surface area contributed by atoms with E-state index < -0.39 is 24.2 Å². The van der Waals surface area contributed by atoms with Gasteiger partial charge in [-0.15, -0.1) is 0 Å². The van der Waals surface area contributed by atoms with E-state index in [0.717, 1.165) is 12.0 Å². The average molecular weight is 354 g/mol. The monoisotopic (exact) mass is 354 g/mol. The number of rotatable bonds is 2. The van der Waals surface area contributed by atoms with Crippen molar-refractivity contribution in [2.75, 3.05) is 13.1 Å². The minimum absolute atomic E-state index is 0.105. The molecule has 0 amide bonds. The zero-order valence-corrected chi connectivity index (χ0v) is 12.8. The minimum atomic E-state index is -5.08. The van der Waals surface area contributed by atoms with E-state index in [-0.39, 0.29) is 11.7 Å². The van der Waals surface area contributed by atoms with Crippen molar-refractivity contribution in [3.63, 3.8) is 0 Å². The summed E-state index contributed by atoms with van der Waals surface area (Å²) in [6, 6.07) is 3.31. The van der Waals surface area contributed by atoms with Crippen LogP contribution in [0.2, 0.25) is 0 Å². The van der Waals surface area contributed by atoms with Crippen molar-refractivity contribution in [2.24, 2.45) is 0 Å². The van der Waals surface area contributed by atoms with E-state index in [1.807, 2.05) is 4.90 Å². The number of ether oxygens (including phenoxy) is 1. The van der Waals surface area contributed by atoms with Crippen LogP contribution < -0.4 is 4.74 Å². The second kappa shape index (κ2) is 5.22. The molecule has 3 heterocycles. The van der Waals surface area contributed by atoms with E-state index in [2.05, 4.69) is 9.72 Å². The minimum Gasteiger partial charge on any atom is -0.480 e. The molecule has 2 bridgehead atoms. The molecule has 132 valence electrons. The van der Waals surface area contributed by atoms with Crippen molar-refractivity contribution in [3.05, 3.63) is 29.5 Å². The van der Waals surface area contributed by atoms with Gasteiger partial charge in [-0.25, -0.2) is 4.79 Å². The molecular weight excluding hydrogens is 341 g/mol. The standard InChI is InChI=1S/C16H13F3N2O4/c17-16(18,19)15(24)25-8-1-2-10-9(5-8)11-7-3-4-21(6-7)13(14(22)23)12(11)20-10/h1-2,5,7,13,20H,3-4,6H2,(H,22,23). The second-order valence-corrected chi connectivity index (χ2v) is 6.27. The van der Waals surface area contributed by atoms with Crippen LogP contribution in [0.15, 0.2) is 18.2 Å². The summed E-state index contributed by atoms with van der Waals surface area (Å²) >= 11 is 0. The summed E-state index contributed by atoms with van der Waals surface area (Å²) < 4.78 is 41.5. The third-order valence-electron chi connectivity index (χ3n) is 4.78. The summed E-state index contributed by atoms with van der Waals surface area (Å²) in [4.78, 5) is 27.6. The van der Waals surface area contributed by atoms with Crippen LogP contribution in [0, 0.1) is 0 Å². The molecule has 1 aromatic heterocycles. The van der Waals surface area contributed by atoms with Gasteiger partial charge in [-0.1, -0.05) is 0 Å². The lowest BCUT2D eigenvalue weighted by atomic mass is 9.90. The number of nitrogens with zero attached hydrogens (tertiary/aromatic N) is 1. The smallest absolute Gasteiger partial charge is 0.480 e. The summed E-state index contributed by atoms with van der Waals surface area (Å²) in [7, 11) is 0. The number of hydrogen-bond donors (Lipinski definition) is 2. The number of benzene rings is 1. The Balaban J connectivity index is 1.79. The third kappa shape index (κ3) is 2.46. The zero-order valence-electron chi connectivity index (χ0n) is 12.8. The highest BCUT2D eigenvalue weighted by atomic mass is 19.4. The molecule has 0 spiro atoms. The Kier molecular flexibility index (Phi) is 3.33. The lowest BCUT2D eigenvalue weighted by Gasteiger charge is -2.29. The molecule has 2 N–H and O–H groups in total. The zero-order chi connectivity index (χ0) is 17.9. The van der Waals surface area contributed by atoms with Gasteiger partial charge in [0.25, 0.3) is 0 Å². The molecule has 25 heavy (non-hydrogen) atoms. The summed E-state index contributed by atoms with van der Waals surface area (Å²) in [5.74, 6) is -3.37. The summed E-state index contributed by atoms with van der Waals surface area (Å²) in [5, 5.41) is 10.1. The van der Waals surface area contributed by atoms with Crippen LogP contribution in [0.1, 0.15) is 29.6 Å². The fourth-order valence-electron chi connectivity index (χ4n) is 3.82. The van der Waals surface area contributed by atoms with Gasteiger partial charge in [-0.2, -0.15) is 13.2 Å². The first-order chi connectivity index (χ1) is 11.8.